The fourth-order valence-corrected chi connectivity index (χ4v) is 2.61. The van der Waals surface area contributed by atoms with Crippen LogP contribution in [0.5, 0.6) is 0 Å². The zero-order chi connectivity index (χ0) is 8.55. The van der Waals surface area contributed by atoms with Gasteiger partial charge in [0.15, 0.2) is 0 Å². The summed E-state index contributed by atoms with van der Waals surface area (Å²) in [6.07, 6.45) is 6.07. The van der Waals surface area contributed by atoms with Crippen LogP contribution in [-0.4, -0.2) is 12.1 Å². The SMILES string of the molecule is CC[C@@H]1C(=O)O[C@H]2CCCC[C@H]21. The molecule has 0 bridgehead atoms. The molecule has 2 fully saturated rings. The van der Waals surface area contributed by atoms with Gasteiger partial charge in [-0.15, -0.1) is 0 Å². The van der Waals surface area contributed by atoms with E-state index in [9.17, 15) is 4.79 Å². The van der Waals surface area contributed by atoms with Crippen LogP contribution in [0.1, 0.15) is 39.0 Å². The highest BCUT2D eigenvalue weighted by atomic mass is 16.6. The maximum absolute atomic E-state index is 11.3. The normalized spacial score (nSPS) is 40.8. The minimum atomic E-state index is 0.0643. The maximum atomic E-state index is 11.3. The zero-order valence-electron chi connectivity index (χ0n) is 7.58. The number of carbonyl (C=O) groups excluding carboxylic acids is 1. The van der Waals surface area contributed by atoms with E-state index in [1.165, 1.54) is 19.3 Å². The highest BCUT2D eigenvalue weighted by molar-refractivity contribution is 5.75. The molecular formula is C10H16O2. The van der Waals surface area contributed by atoms with E-state index in [1.54, 1.807) is 0 Å². The zero-order valence-corrected chi connectivity index (χ0v) is 7.58. The van der Waals surface area contributed by atoms with E-state index in [1.807, 2.05) is 0 Å². The Labute approximate surface area is 73.3 Å². The minimum Gasteiger partial charge on any atom is -0.462 e. The summed E-state index contributed by atoms with van der Waals surface area (Å²) in [6, 6.07) is 0. The molecule has 0 aromatic rings. The molecule has 0 aromatic carbocycles. The van der Waals surface area contributed by atoms with Gasteiger partial charge in [-0.3, -0.25) is 4.79 Å². The van der Waals surface area contributed by atoms with E-state index >= 15 is 0 Å². The second-order valence-electron chi connectivity index (χ2n) is 3.94. The molecule has 1 saturated heterocycles. The van der Waals surface area contributed by atoms with E-state index in [0.717, 1.165) is 12.8 Å². The predicted molar refractivity (Wildman–Crippen MR) is 45.6 cm³/mol. The van der Waals surface area contributed by atoms with Crippen LogP contribution in [-0.2, 0) is 9.53 Å². The molecule has 2 rings (SSSR count). The van der Waals surface area contributed by atoms with Gasteiger partial charge in [0.25, 0.3) is 0 Å². The van der Waals surface area contributed by atoms with E-state index in [4.69, 9.17) is 4.74 Å². The number of ether oxygens (including phenoxy) is 1. The first-order valence-electron chi connectivity index (χ1n) is 5.03. The highest BCUT2D eigenvalue weighted by Gasteiger charge is 2.43. The summed E-state index contributed by atoms with van der Waals surface area (Å²) in [5.74, 6) is 0.834. The average Bonchev–Trinajstić information content (AvgIpc) is 2.40. The van der Waals surface area contributed by atoms with E-state index in [0.29, 0.717) is 5.92 Å². The van der Waals surface area contributed by atoms with Gasteiger partial charge in [-0.1, -0.05) is 13.3 Å². The van der Waals surface area contributed by atoms with Crippen molar-refractivity contribution in [1.29, 1.82) is 0 Å². The van der Waals surface area contributed by atoms with Crippen molar-refractivity contribution >= 4 is 5.97 Å². The Balaban J connectivity index is 2.10. The molecule has 12 heavy (non-hydrogen) atoms. The standard InChI is InChI=1S/C10H16O2/c1-2-7-8-5-3-4-6-9(8)12-10(7)11/h7-9H,2-6H2,1H3/t7-,8-,9-/m0/s1. The molecule has 0 unspecified atom stereocenters. The van der Waals surface area contributed by atoms with E-state index in [2.05, 4.69) is 6.92 Å². The summed E-state index contributed by atoms with van der Waals surface area (Å²) >= 11 is 0. The van der Waals surface area contributed by atoms with Crippen LogP contribution >= 0.6 is 0 Å². The van der Waals surface area contributed by atoms with E-state index < -0.39 is 0 Å². The van der Waals surface area contributed by atoms with Gasteiger partial charge in [0.05, 0.1) is 5.92 Å². The van der Waals surface area contributed by atoms with Crippen LogP contribution < -0.4 is 0 Å². The van der Waals surface area contributed by atoms with Crippen molar-refractivity contribution in [2.45, 2.75) is 45.1 Å². The van der Waals surface area contributed by atoms with Crippen LogP contribution in [0.15, 0.2) is 0 Å². The smallest absolute Gasteiger partial charge is 0.309 e. The van der Waals surface area contributed by atoms with Crippen LogP contribution in [0.2, 0.25) is 0 Å². The summed E-state index contributed by atoms with van der Waals surface area (Å²) < 4.78 is 5.33. The second-order valence-corrected chi connectivity index (χ2v) is 3.94. The first kappa shape index (κ1) is 8.09. The topological polar surface area (TPSA) is 26.3 Å². The van der Waals surface area contributed by atoms with Crippen molar-refractivity contribution in [3.63, 3.8) is 0 Å². The molecule has 2 aliphatic rings. The molecule has 2 nitrogen and oxygen atoms in total. The van der Waals surface area contributed by atoms with Gasteiger partial charge < -0.3 is 4.74 Å². The average molecular weight is 168 g/mol. The van der Waals surface area contributed by atoms with E-state index in [-0.39, 0.29) is 18.0 Å². The quantitative estimate of drug-likeness (QED) is 0.561. The Kier molecular flexibility index (Phi) is 2.07. The second kappa shape index (κ2) is 3.08. The molecule has 0 aromatic heterocycles. The Hall–Kier alpha value is -0.530. The van der Waals surface area contributed by atoms with Crippen molar-refractivity contribution in [1.82, 2.24) is 0 Å². The summed E-state index contributed by atoms with van der Waals surface area (Å²) in [5, 5.41) is 0. The minimum absolute atomic E-state index is 0.0643. The Morgan fingerprint density at radius 2 is 2.17 bits per heavy atom. The van der Waals surface area contributed by atoms with Crippen LogP contribution in [0.4, 0.5) is 0 Å². The lowest BCUT2D eigenvalue weighted by molar-refractivity contribution is -0.144. The third-order valence-electron chi connectivity index (χ3n) is 3.28. The number of carbonyl (C=O) groups is 1. The fourth-order valence-electron chi connectivity index (χ4n) is 2.61. The third kappa shape index (κ3) is 1.13. The molecule has 1 heterocycles. The lowest BCUT2D eigenvalue weighted by Gasteiger charge is -2.24. The van der Waals surface area contributed by atoms with Gasteiger partial charge in [0.1, 0.15) is 6.10 Å². The predicted octanol–water partition coefficient (Wildman–Crippen LogP) is 2.13. The number of esters is 1. The number of hydrogen-bond donors (Lipinski definition) is 0. The maximum Gasteiger partial charge on any atom is 0.309 e. The monoisotopic (exact) mass is 168 g/mol. The Morgan fingerprint density at radius 1 is 1.42 bits per heavy atom. The van der Waals surface area contributed by atoms with Gasteiger partial charge in [0, 0.05) is 5.92 Å². The Bertz CT molecular complexity index is 188. The molecule has 3 atom stereocenters. The van der Waals surface area contributed by atoms with Crippen molar-refractivity contribution in [3.05, 3.63) is 0 Å². The highest BCUT2D eigenvalue weighted by Crippen LogP contribution is 2.39. The lowest BCUT2D eigenvalue weighted by atomic mass is 9.79. The molecule has 0 amide bonds. The first-order valence-corrected chi connectivity index (χ1v) is 5.03. The van der Waals surface area contributed by atoms with Gasteiger partial charge in [-0.2, -0.15) is 0 Å². The van der Waals surface area contributed by atoms with Crippen molar-refractivity contribution in [2.75, 3.05) is 0 Å². The summed E-state index contributed by atoms with van der Waals surface area (Å²) in [4.78, 5) is 11.3. The van der Waals surface area contributed by atoms with Crippen molar-refractivity contribution in [2.24, 2.45) is 11.8 Å². The molecule has 0 N–H and O–H groups in total. The molecule has 0 radical (unpaired) electrons. The van der Waals surface area contributed by atoms with Crippen LogP contribution in [0.3, 0.4) is 0 Å². The molecule has 2 heteroatoms. The lowest BCUT2D eigenvalue weighted by Crippen LogP contribution is -2.24. The molecule has 68 valence electrons. The van der Waals surface area contributed by atoms with Gasteiger partial charge in [-0.05, 0) is 25.7 Å². The van der Waals surface area contributed by atoms with Crippen molar-refractivity contribution in [3.8, 4) is 0 Å². The summed E-state index contributed by atoms with van der Waals surface area (Å²) in [6.45, 7) is 2.09. The number of hydrogen-bond acceptors (Lipinski definition) is 2. The largest absolute Gasteiger partial charge is 0.462 e. The fraction of sp³-hybridized carbons (Fsp3) is 0.900. The van der Waals surface area contributed by atoms with Crippen molar-refractivity contribution < 1.29 is 9.53 Å². The van der Waals surface area contributed by atoms with Gasteiger partial charge in [-0.25, -0.2) is 0 Å². The molecular weight excluding hydrogens is 152 g/mol. The number of fused-ring (bicyclic) bond motifs is 1. The molecule has 1 saturated carbocycles. The van der Waals surface area contributed by atoms with Crippen LogP contribution in [0, 0.1) is 11.8 Å². The molecule has 1 aliphatic carbocycles. The third-order valence-corrected chi connectivity index (χ3v) is 3.28. The van der Waals surface area contributed by atoms with Crippen LogP contribution in [0.25, 0.3) is 0 Å². The van der Waals surface area contributed by atoms with Gasteiger partial charge >= 0.3 is 5.97 Å². The number of rotatable bonds is 1. The first-order chi connectivity index (χ1) is 5.83. The summed E-state index contributed by atoms with van der Waals surface area (Å²) in [5.41, 5.74) is 0. The molecule has 1 aliphatic heterocycles. The molecule has 0 spiro atoms. The summed E-state index contributed by atoms with van der Waals surface area (Å²) in [7, 11) is 0. The van der Waals surface area contributed by atoms with Gasteiger partial charge in [0.2, 0.25) is 0 Å². The Morgan fingerprint density at radius 3 is 2.92 bits per heavy atom.